The molecule has 24 heavy (non-hydrogen) atoms. The van der Waals surface area contributed by atoms with Crippen molar-refractivity contribution in [2.45, 2.75) is 45.1 Å². The van der Waals surface area contributed by atoms with Crippen LogP contribution in [0.1, 0.15) is 37.3 Å². The molecular weight excluding hydrogens is 303 g/mol. The third-order valence-corrected chi connectivity index (χ3v) is 5.44. The van der Waals surface area contributed by atoms with Crippen LogP contribution in [0.3, 0.4) is 0 Å². The summed E-state index contributed by atoms with van der Waals surface area (Å²) in [6, 6.07) is 5.35. The van der Waals surface area contributed by atoms with Crippen LogP contribution in [0.2, 0.25) is 0 Å². The molecular formula is C21H23FO2. The number of benzene rings is 1. The molecule has 2 nitrogen and oxygen atoms in total. The second-order valence-corrected chi connectivity index (χ2v) is 7.07. The summed E-state index contributed by atoms with van der Waals surface area (Å²) in [5.41, 5.74) is 2.19. The molecule has 1 aromatic carbocycles. The number of ketones is 1. The van der Waals surface area contributed by atoms with Crippen LogP contribution in [0.25, 0.3) is 0 Å². The summed E-state index contributed by atoms with van der Waals surface area (Å²) in [5.74, 6) is 2.43. The molecule has 3 heteroatoms. The van der Waals surface area contributed by atoms with Crippen LogP contribution < -0.4 is 0 Å². The van der Waals surface area contributed by atoms with Crippen molar-refractivity contribution in [3.63, 3.8) is 0 Å². The maximum Gasteiger partial charge on any atom is 0.159 e. The number of fused-ring (bicyclic) bond motifs is 1. The van der Waals surface area contributed by atoms with E-state index >= 15 is 0 Å². The van der Waals surface area contributed by atoms with Gasteiger partial charge in [0.05, 0.1) is 12.2 Å². The van der Waals surface area contributed by atoms with Crippen molar-refractivity contribution < 1.29 is 13.9 Å². The number of ether oxygens (including phenoxy) is 1. The number of carbonyl (C=O) groups excluding carboxylic acids is 1. The van der Waals surface area contributed by atoms with E-state index in [2.05, 4.69) is 12.8 Å². The SMILES string of the molecule is C#CC[C@H]1C[C@]2([C@@H](C)Cc3ccc(C)cc3F)OCCC2=CC1=O. The van der Waals surface area contributed by atoms with Crippen LogP contribution in [-0.4, -0.2) is 18.0 Å². The Morgan fingerprint density at radius 3 is 3.00 bits per heavy atom. The number of carbonyl (C=O) groups is 1. The Hall–Kier alpha value is -1.92. The molecule has 0 aromatic heterocycles. The van der Waals surface area contributed by atoms with Gasteiger partial charge in [-0.1, -0.05) is 19.1 Å². The first-order valence-corrected chi connectivity index (χ1v) is 8.53. The molecule has 0 amide bonds. The second kappa shape index (κ2) is 6.53. The molecule has 3 atom stereocenters. The third kappa shape index (κ3) is 2.91. The van der Waals surface area contributed by atoms with Gasteiger partial charge in [-0.3, -0.25) is 4.79 Å². The van der Waals surface area contributed by atoms with Gasteiger partial charge in [-0.15, -0.1) is 12.3 Å². The number of terminal acetylenes is 1. The number of halogens is 1. The lowest BCUT2D eigenvalue weighted by Gasteiger charge is -2.41. The summed E-state index contributed by atoms with van der Waals surface area (Å²) in [6.45, 7) is 4.58. The molecule has 2 aliphatic rings. The first kappa shape index (κ1) is 16.9. The molecule has 0 saturated carbocycles. The van der Waals surface area contributed by atoms with E-state index in [-0.39, 0.29) is 23.4 Å². The zero-order chi connectivity index (χ0) is 17.3. The van der Waals surface area contributed by atoms with E-state index in [0.29, 0.717) is 31.4 Å². The van der Waals surface area contributed by atoms with E-state index in [1.165, 1.54) is 0 Å². The lowest BCUT2D eigenvalue weighted by atomic mass is 9.68. The monoisotopic (exact) mass is 326 g/mol. The topological polar surface area (TPSA) is 26.3 Å². The lowest BCUT2D eigenvalue weighted by molar-refractivity contribution is -0.123. The zero-order valence-corrected chi connectivity index (χ0v) is 14.3. The molecule has 1 fully saturated rings. The molecule has 0 radical (unpaired) electrons. The Bertz CT molecular complexity index is 728. The van der Waals surface area contributed by atoms with Gasteiger partial charge in [0.2, 0.25) is 0 Å². The summed E-state index contributed by atoms with van der Waals surface area (Å²) < 4.78 is 20.4. The molecule has 0 spiro atoms. The molecule has 0 bridgehead atoms. The van der Waals surface area contributed by atoms with Crippen molar-refractivity contribution in [3.8, 4) is 12.3 Å². The Kier molecular flexibility index (Phi) is 4.60. The molecule has 1 aromatic rings. The molecule has 1 saturated heterocycles. The summed E-state index contributed by atoms with van der Waals surface area (Å²) in [6.07, 6.45) is 9.55. The van der Waals surface area contributed by atoms with Crippen molar-refractivity contribution in [2.75, 3.05) is 6.61 Å². The Labute approximate surface area is 143 Å². The van der Waals surface area contributed by atoms with E-state index in [4.69, 9.17) is 11.2 Å². The minimum atomic E-state index is -0.479. The maximum atomic E-state index is 14.2. The van der Waals surface area contributed by atoms with Crippen LogP contribution in [-0.2, 0) is 16.0 Å². The van der Waals surface area contributed by atoms with Crippen molar-refractivity contribution in [3.05, 3.63) is 46.8 Å². The summed E-state index contributed by atoms with van der Waals surface area (Å²) >= 11 is 0. The third-order valence-electron chi connectivity index (χ3n) is 5.44. The number of rotatable bonds is 4. The average Bonchev–Trinajstić information content (AvgIpc) is 2.94. The quantitative estimate of drug-likeness (QED) is 0.782. The molecule has 0 N–H and O–H groups in total. The van der Waals surface area contributed by atoms with Crippen molar-refractivity contribution >= 4 is 5.78 Å². The number of aryl methyl sites for hydroxylation is 1. The van der Waals surface area contributed by atoms with E-state index in [1.54, 1.807) is 12.1 Å². The van der Waals surface area contributed by atoms with E-state index in [9.17, 15) is 9.18 Å². The summed E-state index contributed by atoms with van der Waals surface area (Å²) in [5, 5.41) is 0. The standard InChI is InChI=1S/C21H23FO2/c1-4-5-17-13-21(18(8-9-24-21)12-20(17)23)15(3)11-16-7-6-14(2)10-19(16)22/h1,6-7,10,12,15,17H,5,8-9,11,13H2,2-3H3/t15-,17-,21+/m0/s1. The predicted molar refractivity (Wildman–Crippen MR) is 92.0 cm³/mol. The molecule has 3 rings (SSSR count). The average molecular weight is 326 g/mol. The minimum Gasteiger partial charge on any atom is -0.370 e. The zero-order valence-electron chi connectivity index (χ0n) is 14.3. The van der Waals surface area contributed by atoms with Gasteiger partial charge >= 0.3 is 0 Å². The fraction of sp³-hybridized carbons (Fsp3) is 0.476. The van der Waals surface area contributed by atoms with Crippen molar-refractivity contribution in [1.82, 2.24) is 0 Å². The summed E-state index contributed by atoms with van der Waals surface area (Å²) in [4.78, 5) is 12.3. The van der Waals surface area contributed by atoms with Crippen LogP contribution in [0.4, 0.5) is 4.39 Å². The lowest BCUT2D eigenvalue weighted by Crippen LogP contribution is -2.44. The number of allylic oxidation sites excluding steroid dienone is 1. The number of hydrogen-bond donors (Lipinski definition) is 0. The molecule has 1 heterocycles. The van der Waals surface area contributed by atoms with Gasteiger partial charge in [0.15, 0.2) is 5.78 Å². The van der Waals surface area contributed by atoms with Crippen molar-refractivity contribution in [1.29, 1.82) is 0 Å². The van der Waals surface area contributed by atoms with E-state index in [1.807, 2.05) is 19.1 Å². The van der Waals surface area contributed by atoms with Gasteiger partial charge < -0.3 is 4.74 Å². The normalized spacial score (nSPS) is 27.3. The maximum absolute atomic E-state index is 14.2. The van der Waals surface area contributed by atoms with Gasteiger partial charge in [-0.2, -0.15) is 0 Å². The van der Waals surface area contributed by atoms with Gasteiger partial charge in [-0.05, 0) is 60.9 Å². The van der Waals surface area contributed by atoms with E-state index in [0.717, 1.165) is 17.6 Å². The van der Waals surface area contributed by atoms with E-state index < -0.39 is 5.60 Å². The number of hydrogen-bond acceptors (Lipinski definition) is 2. The Morgan fingerprint density at radius 2 is 2.29 bits per heavy atom. The fourth-order valence-electron chi connectivity index (χ4n) is 4.08. The van der Waals surface area contributed by atoms with Crippen molar-refractivity contribution in [2.24, 2.45) is 11.8 Å². The van der Waals surface area contributed by atoms with Gasteiger partial charge in [0, 0.05) is 12.3 Å². The van der Waals surface area contributed by atoms with Crippen LogP contribution in [0.5, 0.6) is 0 Å². The first-order valence-electron chi connectivity index (χ1n) is 8.53. The minimum absolute atomic E-state index is 0.0804. The van der Waals surface area contributed by atoms with Gasteiger partial charge in [-0.25, -0.2) is 4.39 Å². The van der Waals surface area contributed by atoms with Crippen LogP contribution >= 0.6 is 0 Å². The highest BCUT2D eigenvalue weighted by atomic mass is 19.1. The molecule has 1 aliphatic heterocycles. The molecule has 1 aliphatic carbocycles. The predicted octanol–water partition coefficient (Wildman–Crippen LogP) is 4.01. The molecule has 126 valence electrons. The Morgan fingerprint density at radius 1 is 1.50 bits per heavy atom. The largest absolute Gasteiger partial charge is 0.370 e. The smallest absolute Gasteiger partial charge is 0.159 e. The first-order chi connectivity index (χ1) is 11.5. The van der Waals surface area contributed by atoms with Crippen LogP contribution in [0.15, 0.2) is 29.8 Å². The summed E-state index contributed by atoms with van der Waals surface area (Å²) in [7, 11) is 0. The highest BCUT2D eigenvalue weighted by molar-refractivity contribution is 5.94. The highest BCUT2D eigenvalue weighted by Gasteiger charge is 2.49. The Balaban J connectivity index is 1.89. The van der Waals surface area contributed by atoms with Crippen LogP contribution in [0, 0.1) is 36.9 Å². The fourth-order valence-corrected chi connectivity index (χ4v) is 4.08. The van der Waals surface area contributed by atoms with Gasteiger partial charge in [0.25, 0.3) is 0 Å². The molecule has 0 unspecified atom stereocenters. The highest BCUT2D eigenvalue weighted by Crippen LogP contribution is 2.47. The van der Waals surface area contributed by atoms with Gasteiger partial charge in [0.1, 0.15) is 5.82 Å². The second-order valence-electron chi connectivity index (χ2n) is 7.07.